The van der Waals surface area contributed by atoms with Crippen LogP contribution in [0, 0.1) is 0 Å². The largest absolute Gasteiger partial charge is 0.355 e. The van der Waals surface area contributed by atoms with E-state index in [1.165, 1.54) is 0 Å². The van der Waals surface area contributed by atoms with Gasteiger partial charge in [0.25, 0.3) is 0 Å². The van der Waals surface area contributed by atoms with Crippen LogP contribution in [0.15, 0.2) is 0 Å². The average molecular weight is 199 g/mol. The van der Waals surface area contributed by atoms with Gasteiger partial charge in [0.1, 0.15) is 0 Å². The summed E-state index contributed by atoms with van der Waals surface area (Å²) < 4.78 is 0. The zero-order valence-electron chi connectivity index (χ0n) is 9.34. The molecule has 1 aliphatic rings. The Balaban J connectivity index is 2.20. The van der Waals surface area contributed by atoms with E-state index in [4.69, 9.17) is 0 Å². The van der Waals surface area contributed by atoms with Gasteiger partial charge in [-0.15, -0.1) is 0 Å². The molecule has 1 rings (SSSR count). The molecule has 82 valence electrons. The molecule has 4 nitrogen and oxygen atoms in total. The number of amides is 1. The van der Waals surface area contributed by atoms with E-state index in [1.807, 2.05) is 0 Å². The minimum atomic E-state index is 0.0567. The predicted molar refractivity (Wildman–Crippen MR) is 57.2 cm³/mol. The van der Waals surface area contributed by atoms with Gasteiger partial charge in [0, 0.05) is 45.2 Å². The SMILES string of the molecule is CC(=O)NCCN1CC(C)NC(C)C1. The van der Waals surface area contributed by atoms with E-state index in [0.717, 1.165) is 26.2 Å². The summed E-state index contributed by atoms with van der Waals surface area (Å²) >= 11 is 0. The number of carbonyl (C=O) groups is 1. The molecule has 0 radical (unpaired) electrons. The van der Waals surface area contributed by atoms with E-state index in [1.54, 1.807) is 6.92 Å². The molecule has 1 heterocycles. The summed E-state index contributed by atoms with van der Waals surface area (Å²) in [5.41, 5.74) is 0. The maximum absolute atomic E-state index is 10.7. The molecule has 0 aliphatic carbocycles. The summed E-state index contributed by atoms with van der Waals surface area (Å²) in [5.74, 6) is 0.0567. The van der Waals surface area contributed by atoms with Crippen molar-refractivity contribution in [1.29, 1.82) is 0 Å². The van der Waals surface area contributed by atoms with E-state index in [2.05, 4.69) is 29.4 Å². The molecule has 1 amide bonds. The topological polar surface area (TPSA) is 44.4 Å². The van der Waals surface area contributed by atoms with Crippen molar-refractivity contribution < 1.29 is 4.79 Å². The first-order valence-electron chi connectivity index (χ1n) is 5.30. The second kappa shape index (κ2) is 5.32. The Morgan fingerprint density at radius 2 is 2.00 bits per heavy atom. The first-order chi connectivity index (χ1) is 6.58. The lowest BCUT2D eigenvalue weighted by Crippen LogP contribution is -2.55. The molecule has 0 saturated carbocycles. The molecule has 0 spiro atoms. The third-order valence-corrected chi connectivity index (χ3v) is 2.44. The van der Waals surface area contributed by atoms with Crippen molar-refractivity contribution in [2.75, 3.05) is 26.2 Å². The Hall–Kier alpha value is -0.610. The quantitative estimate of drug-likeness (QED) is 0.662. The second-order valence-electron chi connectivity index (χ2n) is 4.21. The molecule has 1 aliphatic heterocycles. The van der Waals surface area contributed by atoms with Crippen LogP contribution in [0.4, 0.5) is 0 Å². The standard InChI is InChI=1S/C10H21N3O/c1-8-6-13(7-9(2)12-8)5-4-11-10(3)14/h8-9,12H,4-7H2,1-3H3,(H,11,14). The lowest BCUT2D eigenvalue weighted by atomic mass is 10.1. The van der Waals surface area contributed by atoms with Crippen LogP contribution in [0.5, 0.6) is 0 Å². The van der Waals surface area contributed by atoms with Crippen LogP contribution in [0.2, 0.25) is 0 Å². The summed E-state index contributed by atoms with van der Waals surface area (Å²) in [5, 5.41) is 6.30. The minimum Gasteiger partial charge on any atom is -0.355 e. The van der Waals surface area contributed by atoms with Crippen LogP contribution in [0.25, 0.3) is 0 Å². The highest BCUT2D eigenvalue weighted by Gasteiger charge is 2.19. The molecule has 0 aromatic heterocycles. The molecule has 2 atom stereocenters. The van der Waals surface area contributed by atoms with Crippen LogP contribution < -0.4 is 10.6 Å². The van der Waals surface area contributed by atoms with Gasteiger partial charge >= 0.3 is 0 Å². The molecule has 4 heteroatoms. The lowest BCUT2D eigenvalue weighted by Gasteiger charge is -2.36. The van der Waals surface area contributed by atoms with Gasteiger partial charge in [-0.1, -0.05) is 0 Å². The predicted octanol–water partition coefficient (Wildman–Crippen LogP) is -0.195. The van der Waals surface area contributed by atoms with Crippen LogP contribution in [-0.4, -0.2) is 49.1 Å². The molecule has 2 unspecified atom stereocenters. The maximum atomic E-state index is 10.7. The Morgan fingerprint density at radius 1 is 1.43 bits per heavy atom. The average Bonchev–Trinajstić information content (AvgIpc) is 2.01. The van der Waals surface area contributed by atoms with Gasteiger partial charge in [0.2, 0.25) is 5.91 Å². The fraction of sp³-hybridized carbons (Fsp3) is 0.900. The Bertz CT molecular complexity index is 186. The highest BCUT2D eigenvalue weighted by Crippen LogP contribution is 2.02. The van der Waals surface area contributed by atoms with Gasteiger partial charge in [-0.3, -0.25) is 9.69 Å². The van der Waals surface area contributed by atoms with Crippen molar-refractivity contribution in [3.8, 4) is 0 Å². The molecule has 1 fully saturated rings. The Labute approximate surface area is 86.0 Å². The zero-order valence-corrected chi connectivity index (χ0v) is 9.34. The number of nitrogens with zero attached hydrogens (tertiary/aromatic N) is 1. The fourth-order valence-corrected chi connectivity index (χ4v) is 2.01. The van der Waals surface area contributed by atoms with Crippen LogP contribution >= 0.6 is 0 Å². The molecule has 2 N–H and O–H groups in total. The zero-order chi connectivity index (χ0) is 10.6. The third kappa shape index (κ3) is 4.07. The van der Waals surface area contributed by atoms with Gasteiger partial charge in [-0.25, -0.2) is 0 Å². The molecule has 0 aromatic rings. The van der Waals surface area contributed by atoms with Crippen molar-refractivity contribution >= 4 is 5.91 Å². The fourth-order valence-electron chi connectivity index (χ4n) is 2.01. The molecule has 14 heavy (non-hydrogen) atoms. The monoisotopic (exact) mass is 199 g/mol. The van der Waals surface area contributed by atoms with Gasteiger partial charge in [0.15, 0.2) is 0 Å². The summed E-state index contributed by atoms with van der Waals surface area (Å²) in [4.78, 5) is 13.1. The van der Waals surface area contributed by atoms with E-state index in [-0.39, 0.29) is 5.91 Å². The summed E-state index contributed by atoms with van der Waals surface area (Å²) in [6.07, 6.45) is 0. The molecule has 0 aromatic carbocycles. The van der Waals surface area contributed by atoms with Crippen LogP contribution in [0.1, 0.15) is 20.8 Å². The van der Waals surface area contributed by atoms with Crippen molar-refractivity contribution in [3.63, 3.8) is 0 Å². The summed E-state index contributed by atoms with van der Waals surface area (Å²) in [6, 6.07) is 1.10. The molecular formula is C10H21N3O. The number of hydrogen-bond acceptors (Lipinski definition) is 3. The van der Waals surface area contributed by atoms with E-state index < -0.39 is 0 Å². The molecule has 1 saturated heterocycles. The van der Waals surface area contributed by atoms with Crippen molar-refractivity contribution in [3.05, 3.63) is 0 Å². The summed E-state index contributed by atoms with van der Waals surface area (Å²) in [6.45, 7) is 9.81. The highest BCUT2D eigenvalue weighted by atomic mass is 16.1. The highest BCUT2D eigenvalue weighted by molar-refractivity contribution is 5.72. The minimum absolute atomic E-state index is 0.0567. The smallest absolute Gasteiger partial charge is 0.216 e. The van der Waals surface area contributed by atoms with E-state index in [0.29, 0.717) is 12.1 Å². The van der Waals surface area contributed by atoms with Crippen molar-refractivity contribution in [2.24, 2.45) is 0 Å². The van der Waals surface area contributed by atoms with Gasteiger partial charge in [-0.2, -0.15) is 0 Å². The van der Waals surface area contributed by atoms with Crippen molar-refractivity contribution in [2.45, 2.75) is 32.9 Å². The molecule has 0 bridgehead atoms. The van der Waals surface area contributed by atoms with Crippen LogP contribution in [0.3, 0.4) is 0 Å². The van der Waals surface area contributed by atoms with E-state index >= 15 is 0 Å². The van der Waals surface area contributed by atoms with Gasteiger partial charge in [-0.05, 0) is 13.8 Å². The second-order valence-corrected chi connectivity index (χ2v) is 4.21. The van der Waals surface area contributed by atoms with E-state index in [9.17, 15) is 4.79 Å². The lowest BCUT2D eigenvalue weighted by molar-refractivity contribution is -0.119. The van der Waals surface area contributed by atoms with Gasteiger partial charge in [0.05, 0.1) is 0 Å². The number of piperazine rings is 1. The normalized spacial score (nSPS) is 28.8. The number of carbonyl (C=O) groups excluding carboxylic acids is 1. The number of hydrogen-bond donors (Lipinski definition) is 2. The Kier molecular flexibility index (Phi) is 4.35. The third-order valence-electron chi connectivity index (χ3n) is 2.44. The van der Waals surface area contributed by atoms with Crippen LogP contribution in [-0.2, 0) is 4.79 Å². The first-order valence-corrected chi connectivity index (χ1v) is 5.30. The first kappa shape index (κ1) is 11.5. The summed E-state index contributed by atoms with van der Waals surface area (Å²) in [7, 11) is 0. The van der Waals surface area contributed by atoms with Crippen molar-refractivity contribution in [1.82, 2.24) is 15.5 Å². The molecular weight excluding hydrogens is 178 g/mol. The number of rotatable bonds is 3. The number of nitrogens with one attached hydrogen (secondary N) is 2. The maximum Gasteiger partial charge on any atom is 0.216 e. The Morgan fingerprint density at radius 3 is 2.50 bits per heavy atom. The van der Waals surface area contributed by atoms with Gasteiger partial charge < -0.3 is 10.6 Å².